The number of nitrogens with zero attached hydrogens (tertiary/aromatic N) is 5. The van der Waals surface area contributed by atoms with Crippen LogP contribution in [0.2, 0.25) is 10.3 Å². The minimum Gasteiger partial charge on any atom is -0.482 e. The molecule has 0 radical (unpaired) electrons. The summed E-state index contributed by atoms with van der Waals surface area (Å²) in [5.41, 5.74) is 8.81. The summed E-state index contributed by atoms with van der Waals surface area (Å²) < 4.78 is 24.4. The van der Waals surface area contributed by atoms with Crippen LogP contribution < -0.4 is 10.5 Å². The molecule has 176 valence electrons. The van der Waals surface area contributed by atoms with Gasteiger partial charge >= 0.3 is 0 Å². The average Bonchev–Trinajstić information content (AvgIpc) is 3.38. The van der Waals surface area contributed by atoms with E-state index < -0.39 is 11.9 Å². The first kappa shape index (κ1) is 24.3. The summed E-state index contributed by atoms with van der Waals surface area (Å²) in [5.74, 6) is 0.145. The Morgan fingerprint density at radius 3 is 2.74 bits per heavy atom. The molecule has 0 saturated heterocycles. The summed E-state index contributed by atoms with van der Waals surface area (Å²) >= 11 is 16.0. The van der Waals surface area contributed by atoms with Gasteiger partial charge in [-0.05, 0) is 54.0 Å². The Morgan fingerprint density at radius 1 is 1.26 bits per heavy atom. The Kier molecular flexibility index (Phi) is 6.97. The second-order valence-corrected chi connectivity index (χ2v) is 9.09. The summed E-state index contributed by atoms with van der Waals surface area (Å²) in [6, 6.07) is 7.68. The Balaban J connectivity index is 1.78. The van der Waals surface area contributed by atoms with Gasteiger partial charge in [0.15, 0.2) is 21.9 Å². The third-order valence-electron chi connectivity index (χ3n) is 5.16. The van der Waals surface area contributed by atoms with E-state index >= 15 is 0 Å². The van der Waals surface area contributed by atoms with Gasteiger partial charge in [0, 0.05) is 46.2 Å². The maximum Gasteiger partial charge on any atom is 0.166 e. The van der Waals surface area contributed by atoms with Gasteiger partial charge in [-0.3, -0.25) is 4.68 Å². The Labute approximate surface area is 214 Å². The van der Waals surface area contributed by atoms with Gasteiger partial charge in [-0.1, -0.05) is 29.8 Å². The molecular weight excluding hydrogens is 546 g/mol. The summed E-state index contributed by atoms with van der Waals surface area (Å²) in [6.07, 6.45) is 2.76. The topological polar surface area (TPSA) is 83.8 Å². The molecule has 0 spiro atoms. The van der Waals surface area contributed by atoms with E-state index in [2.05, 4.69) is 37.7 Å². The molecule has 34 heavy (non-hydrogen) atoms. The third-order valence-corrected chi connectivity index (χ3v) is 6.06. The van der Waals surface area contributed by atoms with Crippen molar-refractivity contribution in [3.63, 3.8) is 0 Å². The van der Waals surface area contributed by atoms with Crippen molar-refractivity contribution in [2.75, 3.05) is 5.73 Å². The molecule has 2 N–H and O–H groups in total. The number of hydrogen-bond acceptors (Lipinski definition) is 5. The molecule has 0 unspecified atom stereocenters. The molecule has 7 nitrogen and oxygen atoms in total. The van der Waals surface area contributed by atoms with Crippen LogP contribution in [0.1, 0.15) is 36.8 Å². The SMILES string of the molecule is C=C(c1cn(CC)nc1Cl)c1cc(Cl)nn1-c1ccc(F)cc1[C@@H](C)Oc1cc(Br)cnc1N. The number of nitrogens with two attached hydrogens (primary N) is 1. The highest BCUT2D eigenvalue weighted by molar-refractivity contribution is 9.10. The smallest absolute Gasteiger partial charge is 0.166 e. The zero-order valence-electron chi connectivity index (χ0n) is 18.3. The highest BCUT2D eigenvalue weighted by Crippen LogP contribution is 2.35. The molecule has 1 aromatic carbocycles. The Bertz CT molecular complexity index is 1390. The number of benzene rings is 1. The molecule has 0 aliphatic heterocycles. The van der Waals surface area contributed by atoms with E-state index in [4.69, 9.17) is 33.7 Å². The third kappa shape index (κ3) is 4.82. The van der Waals surface area contributed by atoms with Crippen LogP contribution >= 0.6 is 39.1 Å². The number of aryl methyl sites for hydroxylation is 1. The molecule has 3 aromatic heterocycles. The first-order chi connectivity index (χ1) is 16.2. The van der Waals surface area contributed by atoms with Gasteiger partial charge < -0.3 is 10.5 Å². The lowest BCUT2D eigenvalue weighted by atomic mass is 10.1. The molecular formula is C23H20BrCl2FN6O. The van der Waals surface area contributed by atoms with Gasteiger partial charge in [0.25, 0.3) is 0 Å². The van der Waals surface area contributed by atoms with Crippen molar-refractivity contribution < 1.29 is 9.13 Å². The van der Waals surface area contributed by atoms with Crippen LogP contribution in [0.25, 0.3) is 11.3 Å². The predicted octanol–water partition coefficient (Wildman–Crippen LogP) is 6.48. The molecule has 3 heterocycles. The van der Waals surface area contributed by atoms with E-state index in [0.29, 0.717) is 50.0 Å². The van der Waals surface area contributed by atoms with Gasteiger partial charge in [-0.2, -0.15) is 10.2 Å². The number of pyridine rings is 1. The highest BCUT2D eigenvalue weighted by atomic mass is 79.9. The van der Waals surface area contributed by atoms with Gasteiger partial charge in [0.05, 0.1) is 11.4 Å². The zero-order valence-corrected chi connectivity index (χ0v) is 21.4. The first-order valence-electron chi connectivity index (χ1n) is 10.2. The Hall–Kier alpha value is -2.88. The molecule has 4 aromatic rings. The number of aromatic nitrogens is 5. The maximum absolute atomic E-state index is 14.3. The Morgan fingerprint density at radius 2 is 2.03 bits per heavy atom. The molecule has 0 aliphatic carbocycles. The molecule has 1 atom stereocenters. The van der Waals surface area contributed by atoms with Crippen LogP contribution in [0.5, 0.6) is 5.75 Å². The van der Waals surface area contributed by atoms with Crippen LogP contribution in [0.3, 0.4) is 0 Å². The normalized spacial score (nSPS) is 12.1. The van der Waals surface area contributed by atoms with Crippen LogP contribution in [0.4, 0.5) is 10.2 Å². The van der Waals surface area contributed by atoms with Crippen molar-refractivity contribution >= 4 is 50.5 Å². The standard InChI is InChI=1S/C23H20BrCl2FN6O/c1-4-32-11-17(22(26)31-32)12(2)19-9-21(25)30-33(19)18-6-5-15(27)8-16(18)13(3)34-20-7-14(24)10-29-23(20)28/h5-11,13H,2,4H2,1,3H3,(H2,28,29)/t13-/m1/s1. The molecule has 0 amide bonds. The van der Waals surface area contributed by atoms with Crippen LogP contribution in [0, 0.1) is 5.82 Å². The molecule has 0 fully saturated rings. The molecule has 4 rings (SSSR count). The maximum atomic E-state index is 14.3. The lowest BCUT2D eigenvalue weighted by Crippen LogP contribution is -2.12. The number of halogens is 4. The zero-order chi connectivity index (χ0) is 24.6. The molecule has 0 bridgehead atoms. The quantitative estimate of drug-likeness (QED) is 0.277. The van der Waals surface area contributed by atoms with Crippen molar-refractivity contribution in [2.24, 2.45) is 0 Å². The fourth-order valence-corrected chi connectivity index (χ4v) is 4.22. The second kappa shape index (κ2) is 9.77. The van der Waals surface area contributed by atoms with Crippen LogP contribution in [-0.4, -0.2) is 24.5 Å². The van der Waals surface area contributed by atoms with E-state index in [0.717, 1.165) is 0 Å². The minimum absolute atomic E-state index is 0.215. The van der Waals surface area contributed by atoms with Crippen LogP contribution in [0.15, 0.2) is 53.8 Å². The van der Waals surface area contributed by atoms with E-state index in [1.165, 1.54) is 12.1 Å². The van der Waals surface area contributed by atoms with E-state index in [-0.39, 0.29) is 11.0 Å². The highest BCUT2D eigenvalue weighted by Gasteiger charge is 2.22. The average molecular weight is 566 g/mol. The number of rotatable bonds is 7. The van der Waals surface area contributed by atoms with Crippen molar-refractivity contribution in [2.45, 2.75) is 26.5 Å². The first-order valence-corrected chi connectivity index (χ1v) is 11.8. The van der Waals surface area contributed by atoms with Crippen molar-refractivity contribution in [3.05, 3.63) is 86.7 Å². The number of ether oxygens (including phenoxy) is 1. The van der Waals surface area contributed by atoms with Crippen LogP contribution in [-0.2, 0) is 6.54 Å². The van der Waals surface area contributed by atoms with Gasteiger partial charge in [0.1, 0.15) is 11.9 Å². The van der Waals surface area contributed by atoms with E-state index in [9.17, 15) is 4.39 Å². The summed E-state index contributed by atoms with van der Waals surface area (Å²) in [7, 11) is 0. The lowest BCUT2D eigenvalue weighted by Gasteiger charge is -2.20. The summed E-state index contributed by atoms with van der Waals surface area (Å²) in [5, 5.41) is 9.24. The second-order valence-electron chi connectivity index (χ2n) is 7.43. The largest absolute Gasteiger partial charge is 0.482 e. The van der Waals surface area contributed by atoms with Crippen molar-refractivity contribution in [1.29, 1.82) is 0 Å². The fourth-order valence-electron chi connectivity index (χ4n) is 3.47. The van der Waals surface area contributed by atoms with Gasteiger partial charge in [-0.15, -0.1) is 0 Å². The minimum atomic E-state index is -0.611. The lowest BCUT2D eigenvalue weighted by molar-refractivity contribution is 0.226. The van der Waals surface area contributed by atoms with Gasteiger partial charge in [-0.25, -0.2) is 14.1 Å². The summed E-state index contributed by atoms with van der Waals surface area (Å²) in [4.78, 5) is 4.08. The van der Waals surface area contributed by atoms with Crippen molar-refractivity contribution in [3.8, 4) is 11.4 Å². The molecule has 0 saturated carbocycles. The number of anilines is 1. The summed E-state index contributed by atoms with van der Waals surface area (Å²) in [6.45, 7) is 8.58. The fraction of sp³-hybridized carbons (Fsp3) is 0.174. The van der Waals surface area contributed by atoms with Gasteiger partial charge in [0.2, 0.25) is 0 Å². The monoisotopic (exact) mass is 564 g/mol. The van der Waals surface area contributed by atoms with E-state index in [1.807, 2.05) is 6.92 Å². The van der Waals surface area contributed by atoms with E-state index in [1.54, 1.807) is 46.9 Å². The number of hydrogen-bond donors (Lipinski definition) is 1. The predicted molar refractivity (Wildman–Crippen MR) is 135 cm³/mol. The molecule has 11 heteroatoms. The number of nitrogen functional groups attached to an aromatic ring is 1. The molecule has 0 aliphatic rings. The van der Waals surface area contributed by atoms with Crippen molar-refractivity contribution in [1.82, 2.24) is 24.5 Å².